The van der Waals surface area contributed by atoms with Crippen molar-refractivity contribution in [1.82, 2.24) is 10.2 Å². The van der Waals surface area contributed by atoms with Crippen LogP contribution < -0.4 is 5.32 Å². The van der Waals surface area contributed by atoms with Crippen LogP contribution in [0.25, 0.3) is 0 Å². The van der Waals surface area contributed by atoms with Crippen LogP contribution in [-0.2, 0) is 22.1 Å². The van der Waals surface area contributed by atoms with Crippen molar-refractivity contribution in [3.8, 4) is 0 Å². The van der Waals surface area contributed by atoms with Crippen molar-refractivity contribution in [2.75, 3.05) is 19.6 Å². The molecule has 7 heteroatoms. The van der Waals surface area contributed by atoms with Crippen LogP contribution in [0.15, 0.2) is 24.3 Å². The van der Waals surface area contributed by atoms with Crippen molar-refractivity contribution in [3.05, 3.63) is 35.4 Å². The number of hydrogen-bond acceptors (Lipinski definition) is 3. The summed E-state index contributed by atoms with van der Waals surface area (Å²) < 4.78 is 44.0. The number of carbonyl (C=O) groups excluding carboxylic acids is 1. The smallest absolute Gasteiger partial charge is 0.373 e. The van der Waals surface area contributed by atoms with Crippen molar-refractivity contribution >= 4 is 5.91 Å². The second kappa shape index (κ2) is 7.96. The lowest BCUT2D eigenvalue weighted by atomic mass is 9.99. The molecule has 1 heterocycles. The zero-order valence-corrected chi connectivity index (χ0v) is 15.7. The van der Waals surface area contributed by atoms with Gasteiger partial charge in [-0.05, 0) is 39.3 Å². The Morgan fingerprint density at radius 1 is 1.23 bits per heavy atom. The van der Waals surface area contributed by atoms with Crippen molar-refractivity contribution < 1.29 is 22.7 Å². The number of ether oxygens (including phenoxy) is 1. The monoisotopic (exact) mass is 372 g/mol. The molecule has 1 N–H and O–H groups in total. The van der Waals surface area contributed by atoms with Gasteiger partial charge in [-0.3, -0.25) is 9.69 Å². The summed E-state index contributed by atoms with van der Waals surface area (Å²) in [7, 11) is 0. The summed E-state index contributed by atoms with van der Waals surface area (Å²) in [5.74, 6) is -0.285. The Kier molecular flexibility index (Phi) is 6.34. The lowest BCUT2D eigenvalue weighted by Crippen LogP contribution is -2.58. The van der Waals surface area contributed by atoms with Crippen LogP contribution in [0.5, 0.6) is 0 Å². The Hall–Kier alpha value is -1.60. The average molecular weight is 372 g/mol. The van der Waals surface area contributed by atoms with E-state index >= 15 is 0 Å². The summed E-state index contributed by atoms with van der Waals surface area (Å²) in [5, 5.41) is 2.85. The second-order valence-electron chi connectivity index (χ2n) is 7.63. The first-order valence-electron chi connectivity index (χ1n) is 8.81. The normalized spacial score (nSPS) is 22.3. The quantitative estimate of drug-likeness (QED) is 0.863. The van der Waals surface area contributed by atoms with Gasteiger partial charge >= 0.3 is 6.18 Å². The summed E-state index contributed by atoms with van der Waals surface area (Å²) in [6.45, 7) is 10.1. The number of amides is 1. The molecule has 4 nitrogen and oxygen atoms in total. The van der Waals surface area contributed by atoms with Gasteiger partial charge in [0.1, 0.15) is 0 Å². The molecular formula is C19H27F3N2O2. The van der Waals surface area contributed by atoms with Crippen molar-refractivity contribution in [1.29, 1.82) is 0 Å². The molecule has 1 amide bonds. The van der Waals surface area contributed by atoms with Crippen LogP contribution in [-0.4, -0.2) is 48.2 Å². The first kappa shape index (κ1) is 20.7. The van der Waals surface area contributed by atoms with E-state index in [0.29, 0.717) is 12.1 Å². The summed E-state index contributed by atoms with van der Waals surface area (Å²) >= 11 is 0. The molecule has 1 aromatic carbocycles. The van der Waals surface area contributed by atoms with E-state index in [0.717, 1.165) is 25.2 Å². The van der Waals surface area contributed by atoms with Gasteiger partial charge in [-0.2, -0.15) is 13.2 Å². The van der Waals surface area contributed by atoms with Crippen molar-refractivity contribution in [2.45, 2.75) is 58.0 Å². The lowest BCUT2D eigenvalue weighted by molar-refractivity contribution is -0.137. The largest absolute Gasteiger partial charge is 0.416 e. The second-order valence-corrected chi connectivity index (χ2v) is 7.63. The molecule has 1 aromatic rings. The molecule has 1 fully saturated rings. The highest BCUT2D eigenvalue weighted by Crippen LogP contribution is 2.29. The predicted molar refractivity (Wildman–Crippen MR) is 93.8 cm³/mol. The number of rotatable bonds is 5. The van der Waals surface area contributed by atoms with E-state index in [2.05, 4.69) is 10.2 Å². The Morgan fingerprint density at radius 2 is 1.85 bits per heavy atom. The Balaban J connectivity index is 1.92. The van der Waals surface area contributed by atoms with Gasteiger partial charge in [0.2, 0.25) is 5.91 Å². The third-order valence-corrected chi connectivity index (χ3v) is 4.61. The average Bonchev–Trinajstić information content (AvgIpc) is 2.51. The molecule has 0 spiro atoms. The molecule has 1 aliphatic rings. The maximum absolute atomic E-state index is 12.8. The van der Waals surface area contributed by atoms with Crippen LogP contribution >= 0.6 is 0 Å². The van der Waals surface area contributed by atoms with Crippen LogP contribution in [0.4, 0.5) is 13.2 Å². The Morgan fingerprint density at radius 3 is 2.42 bits per heavy atom. The molecule has 0 bridgehead atoms. The lowest BCUT2D eigenvalue weighted by Gasteiger charge is -2.45. The molecule has 26 heavy (non-hydrogen) atoms. The molecule has 1 saturated heterocycles. The van der Waals surface area contributed by atoms with Gasteiger partial charge in [-0.25, -0.2) is 0 Å². The number of alkyl halides is 3. The van der Waals surface area contributed by atoms with Gasteiger partial charge in [-0.15, -0.1) is 0 Å². The van der Waals surface area contributed by atoms with E-state index in [1.165, 1.54) is 12.1 Å². The number of benzene rings is 1. The fourth-order valence-electron chi connectivity index (χ4n) is 3.20. The fourth-order valence-corrected chi connectivity index (χ4v) is 3.20. The molecule has 146 valence electrons. The molecule has 0 aliphatic carbocycles. The Labute approximate surface area is 152 Å². The van der Waals surface area contributed by atoms with Crippen LogP contribution in [0.2, 0.25) is 0 Å². The molecule has 0 saturated carbocycles. The van der Waals surface area contributed by atoms with Crippen LogP contribution in [0.1, 0.15) is 38.8 Å². The van der Waals surface area contributed by atoms with E-state index in [1.54, 1.807) is 0 Å². The molecule has 0 radical (unpaired) electrons. The summed E-state index contributed by atoms with van der Waals surface area (Å²) in [5.41, 5.74) is -0.654. The zero-order chi connectivity index (χ0) is 19.5. The topological polar surface area (TPSA) is 41.6 Å². The number of nitrogens with one attached hydrogen (secondary N) is 1. The van der Waals surface area contributed by atoms with Gasteiger partial charge in [0, 0.05) is 25.2 Å². The minimum Gasteiger partial charge on any atom is -0.373 e. The third-order valence-electron chi connectivity index (χ3n) is 4.61. The highest BCUT2D eigenvalue weighted by atomic mass is 19.4. The number of carbonyl (C=O) groups is 1. The number of nitrogens with zero attached hydrogens (tertiary/aromatic N) is 1. The van der Waals surface area contributed by atoms with E-state index in [4.69, 9.17) is 4.74 Å². The summed E-state index contributed by atoms with van der Waals surface area (Å²) in [6.07, 6.45) is -4.23. The SMILES string of the molecule is CC1CN(C(C)(C)CNC(=O)Cc2cccc(C(F)(F)F)c2)CC(C)O1. The van der Waals surface area contributed by atoms with E-state index in [9.17, 15) is 18.0 Å². The number of morpholine rings is 1. The maximum atomic E-state index is 12.8. The first-order chi connectivity index (χ1) is 12.0. The van der Waals surface area contributed by atoms with Gasteiger partial charge in [0.15, 0.2) is 0 Å². The minimum absolute atomic E-state index is 0.0735. The summed E-state index contributed by atoms with van der Waals surface area (Å²) in [6, 6.07) is 4.89. The highest BCUT2D eigenvalue weighted by Gasteiger charge is 2.33. The predicted octanol–water partition coefficient (Wildman–Crippen LogP) is 3.25. The van der Waals surface area contributed by atoms with Crippen molar-refractivity contribution in [3.63, 3.8) is 0 Å². The van der Waals surface area contributed by atoms with Gasteiger partial charge < -0.3 is 10.1 Å². The molecule has 1 aliphatic heterocycles. The molecule has 2 rings (SSSR count). The molecule has 2 unspecified atom stereocenters. The molecular weight excluding hydrogens is 345 g/mol. The fraction of sp³-hybridized carbons (Fsp3) is 0.632. The van der Waals surface area contributed by atoms with Crippen LogP contribution in [0, 0.1) is 0 Å². The van der Waals surface area contributed by atoms with Gasteiger partial charge in [0.25, 0.3) is 0 Å². The number of hydrogen-bond donors (Lipinski definition) is 1. The number of halogens is 3. The third kappa shape index (κ3) is 5.71. The van der Waals surface area contributed by atoms with E-state index in [-0.39, 0.29) is 30.1 Å². The summed E-state index contributed by atoms with van der Waals surface area (Å²) in [4.78, 5) is 14.5. The van der Waals surface area contributed by atoms with Crippen LogP contribution in [0.3, 0.4) is 0 Å². The highest BCUT2D eigenvalue weighted by molar-refractivity contribution is 5.78. The maximum Gasteiger partial charge on any atom is 0.416 e. The minimum atomic E-state index is -4.40. The van der Waals surface area contributed by atoms with Crippen molar-refractivity contribution in [2.24, 2.45) is 0 Å². The first-order valence-corrected chi connectivity index (χ1v) is 8.81. The Bertz CT molecular complexity index is 621. The van der Waals surface area contributed by atoms with Gasteiger partial charge in [0.05, 0.1) is 24.2 Å². The van der Waals surface area contributed by atoms with E-state index < -0.39 is 11.7 Å². The molecule has 2 atom stereocenters. The van der Waals surface area contributed by atoms with E-state index in [1.807, 2.05) is 27.7 Å². The standard InChI is InChI=1S/C19H27F3N2O2/c1-13-10-24(11-14(2)26-13)18(3,4)12-23-17(25)9-15-6-5-7-16(8-15)19(20,21)22/h5-8,13-14H,9-12H2,1-4H3,(H,23,25). The zero-order valence-electron chi connectivity index (χ0n) is 15.7. The van der Waals surface area contributed by atoms with Gasteiger partial charge in [-0.1, -0.05) is 18.2 Å². The molecule has 0 aromatic heterocycles.